The Balaban J connectivity index is 1.99. The molecule has 1 N–H and O–H groups in total. The highest BCUT2D eigenvalue weighted by Crippen LogP contribution is 2.19. The number of likely N-dealkylation sites (tertiary alicyclic amines) is 1. The molecule has 2 rings (SSSR count). The van der Waals surface area contributed by atoms with Crippen molar-refractivity contribution in [3.63, 3.8) is 0 Å². The van der Waals surface area contributed by atoms with E-state index in [1.807, 2.05) is 18.7 Å². The van der Waals surface area contributed by atoms with Crippen molar-refractivity contribution in [2.45, 2.75) is 26.4 Å². The van der Waals surface area contributed by atoms with Crippen molar-refractivity contribution in [2.24, 2.45) is 5.92 Å². The number of likely N-dealkylation sites (N-methyl/N-ethyl adjacent to an activating group) is 1. The summed E-state index contributed by atoms with van der Waals surface area (Å²) in [7, 11) is 0. The number of hydrogen-bond donors (Lipinski definition) is 1. The molecule has 1 aromatic carbocycles. The number of β-amino-alcohol motifs (C(OH)–C–C–N with tert-alkyl or cyclic N) is 1. The van der Waals surface area contributed by atoms with Crippen molar-refractivity contribution in [3.05, 3.63) is 30.1 Å². The molecule has 0 bridgehead atoms. The number of carbonyl (C=O) groups is 1. The summed E-state index contributed by atoms with van der Waals surface area (Å²) in [6, 6.07) is 5.95. The molecule has 0 saturated carbocycles. The van der Waals surface area contributed by atoms with Crippen LogP contribution in [0, 0.1) is 11.7 Å². The van der Waals surface area contributed by atoms with Crippen molar-refractivity contribution in [3.8, 4) is 0 Å². The number of anilines is 1. The zero-order valence-corrected chi connectivity index (χ0v) is 12.6. The molecule has 4 nitrogen and oxygen atoms in total. The monoisotopic (exact) mass is 294 g/mol. The Hall–Kier alpha value is -1.46. The summed E-state index contributed by atoms with van der Waals surface area (Å²) in [6.45, 7) is 6.11. The highest BCUT2D eigenvalue weighted by atomic mass is 19.1. The van der Waals surface area contributed by atoms with Crippen LogP contribution in [0.3, 0.4) is 0 Å². The van der Waals surface area contributed by atoms with Gasteiger partial charge in [-0.1, -0.05) is 6.92 Å². The molecule has 0 aliphatic carbocycles. The molecule has 1 heterocycles. The van der Waals surface area contributed by atoms with Gasteiger partial charge in [-0.25, -0.2) is 4.39 Å². The minimum absolute atomic E-state index is 0.0224. The Morgan fingerprint density at radius 3 is 2.67 bits per heavy atom. The van der Waals surface area contributed by atoms with Gasteiger partial charge in [0.1, 0.15) is 5.82 Å². The van der Waals surface area contributed by atoms with Crippen molar-refractivity contribution >= 4 is 11.6 Å². The quantitative estimate of drug-likeness (QED) is 0.922. The van der Waals surface area contributed by atoms with Crippen LogP contribution in [0.4, 0.5) is 10.1 Å². The topological polar surface area (TPSA) is 43.8 Å². The van der Waals surface area contributed by atoms with E-state index in [0.717, 1.165) is 13.0 Å². The van der Waals surface area contributed by atoms with E-state index in [9.17, 15) is 14.3 Å². The minimum Gasteiger partial charge on any atom is -0.392 e. The average Bonchev–Trinajstić information content (AvgIpc) is 2.46. The number of aliphatic hydroxyl groups is 1. The van der Waals surface area contributed by atoms with Crippen LogP contribution in [0.5, 0.6) is 0 Å². The molecule has 2 unspecified atom stereocenters. The number of carbonyl (C=O) groups excluding carboxylic acids is 1. The lowest BCUT2D eigenvalue weighted by Crippen LogP contribution is -2.48. The molecule has 2 atom stereocenters. The second kappa shape index (κ2) is 7.00. The van der Waals surface area contributed by atoms with Crippen molar-refractivity contribution in [1.29, 1.82) is 0 Å². The van der Waals surface area contributed by atoms with E-state index in [0.29, 0.717) is 18.8 Å². The van der Waals surface area contributed by atoms with Gasteiger partial charge in [-0.05, 0) is 50.1 Å². The molecule has 0 aromatic heterocycles. The van der Waals surface area contributed by atoms with Gasteiger partial charge in [0.05, 0.1) is 12.6 Å². The Morgan fingerprint density at radius 1 is 1.43 bits per heavy atom. The standard InChI is InChI=1S/C16H23FN2O2/c1-3-19(14-6-4-13(17)5-7-14)16(21)11-18-9-8-12(2)15(20)10-18/h4-7,12,15,20H,3,8-11H2,1-2H3. The lowest BCUT2D eigenvalue weighted by Gasteiger charge is -2.35. The molecule has 1 aliphatic rings. The lowest BCUT2D eigenvalue weighted by atomic mass is 9.96. The maximum absolute atomic E-state index is 13.0. The minimum atomic E-state index is -0.368. The predicted molar refractivity (Wildman–Crippen MR) is 80.7 cm³/mol. The third kappa shape index (κ3) is 4.02. The van der Waals surface area contributed by atoms with Gasteiger partial charge in [0.25, 0.3) is 0 Å². The third-order valence-electron chi connectivity index (χ3n) is 4.12. The number of hydrogen-bond acceptors (Lipinski definition) is 3. The van der Waals surface area contributed by atoms with Gasteiger partial charge in [-0.2, -0.15) is 0 Å². The molecule has 5 heteroatoms. The second-order valence-electron chi connectivity index (χ2n) is 5.68. The first kappa shape index (κ1) is 15.9. The van der Waals surface area contributed by atoms with E-state index in [1.165, 1.54) is 12.1 Å². The van der Waals surface area contributed by atoms with Crippen molar-refractivity contribution in [2.75, 3.05) is 31.1 Å². The first-order chi connectivity index (χ1) is 10.0. The Labute approximate surface area is 125 Å². The van der Waals surface area contributed by atoms with E-state index < -0.39 is 0 Å². The van der Waals surface area contributed by atoms with Crippen LogP contribution in [0.15, 0.2) is 24.3 Å². The highest BCUT2D eigenvalue weighted by Gasteiger charge is 2.26. The van der Waals surface area contributed by atoms with Gasteiger partial charge in [0, 0.05) is 18.8 Å². The first-order valence-corrected chi connectivity index (χ1v) is 7.47. The summed E-state index contributed by atoms with van der Waals surface area (Å²) < 4.78 is 13.0. The molecule has 0 radical (unpaired) electrons. The molecular weight excluding hydrogens is 271 g/mol. The first-order valence-electron chi connectivity index (χ1n) is 7.47. The van der Waals surface area contributed by atoms with Gasteiger partial charge in [0.15, 0.2) is 0 Å². The summed E-state index contributed by atoms with van der Waals surface area (Å²) in [5.74, 6) is -0.0445. The summed E-state index contributed by atoms with van der Waals surface area (Å²) in [5, 5.41) is 9.90. The molecule has 1 aliphatic heterocycles. The summed E-state index contributed by atoms with van der Waals surface area (Å²) in [6.07, 6.45) is 0.532. The average molecular weight is 294 g/mol. The Kier molecular flexibility index (Phi) is 5.31. The fourth-order valence-electron chi connectivity index (χ4n) is 2.66. The Morgan fingerprint density at radius 2 is 2.10 bits per heavy atom. The highest BCUT2D eigenvalue weighted by molar-refractivity contribution is 5.94. The number of aliphatic hydroxyl groups excluding tert-OH is 1. The van der Waals surface area contributed by atoms with Gasteiger partial charge < -0.3 is 10.0 Å². The SMILES string of the molecule is CCN(C(=O)CN1CCC(C)C(O)C1)c1ccc(F)cc1. The number of rotatable bonds is 4. The fourth-order valence-corrected chi connectivity index (χ4v) is 2.66. The van der Waals surface area contributed by atoms with Gasteiger partial charge in [-0.3, -0.25) is 9.69 Å². The summed E-state index contributed by atoms with van der Waals surface area (Å²) >= 11 is 0. The van der Waals surface area contributed by atoms with Crippen molar-refractivity contribution < 1.29 is 14.3 Å². The van der Waals surface area contributed by atoms with E-state index in [1.54, 1.807) is 17.0 Å². The molecule has 21 heavy (non-hydrogen) atoms. The molecule has 116 valence electrons. The van der Waals surface area contributed by atoms with Gasteiger partial charge >= 0.3 is 0 Å². The maximum atomic E-state index is 13.0. The fraction of sp³-hybridized carbons (Fsp3) is 0.562. The number of piperidine rings is 1. The van der Waals surface area contributed by atoms with E-state index >= 15 is 0 Å². The van der Waals surface area contributed by atoms with Crippen LogP contribution < -0.4 is 4.90 Å². The Bertz CT molecular complexity index is 478. The number of halogens is 1. The van der Waals surface area contributed by atoms with Crippen LogP contribution in [-0.2, 0) is 4.79 Å². The van der Waals surface area contributed by atoms with E-state index in [4.69, 9.17) is 0 Å². The molecular formula is C16H23FN2O2. The number of benzene rings is 1. The van der Waals surface area contributed by atoms with Crippen LogP contribution in [0.2, 0.25) is 0 Å². The van der Waals surface area contributed by atoms with Crippen LogP contribution in [0.25, 0.3) is 0 Å². The zero-order chi connectivity index (χ0) is 15.4. The second-order valence-corrected chi connectivity index (χ2v) is 5.68. The van der Waals surface area contributed by atoms with Crippen LogP contribution in [0.1, 0.15) is 20.3 Å². The molecule has 1 amide bonds. The summed E-state index contributed by atoms with van der Waals surface area (Å²) in [4.78, 5) is 16.1. The normalized spacial score (nSPS) is 23.0. The maximum Gasteiger partial charge on any atom is 0.241 e. The third-order valence-corrected chi connectivity index (χ3v) is 4.12. The molecule has 1 fully saturated rings. The summed E-state index contributed by atoms with van der Waals surface area (Å²) in [5.41, 5.74) is 0.704. The number of amides is 1. The zero-order valence-electron chi connectivity index (χ0n) is 12.6. The lowest BCUT2D eigenvalue weighted by molar-refractivity contribution is -0.120. The van der Waals surface area contributed by atoms with E-state index in [2.05, 4.69) is 0 Å². The molecule has 0 spiro atoms. The van der Waals surface area contributed by atoms with Gasteiger partial charge in [-0.15, -0.1) is 0 Å². The number of nitrogens with zero attached hydrogens (tertiary/aromatic N) is 2. The predicted octanol–water partition coefficient (Wildman–Crippen LogP) is 1.88. The van der Waals surface area contributed by atoms with Crippen LogP contribution >= 0.6 is 0 Å². The molecule has 1 aromatic rings. The van der Waals surface area contributed by atoms with Crippen LogP contribution in [-0.4, -0.2) is 48.2 Å². The smallest absolute Gasteiger partial charge is 0.241 e. The largest absolute Gasteiger partial charge is 0.392 e. The van der Waals surface area contributed by atoms with Gasteiger partial charge in [0.2, 0.25) is 5.91 Å². The molecule has 1 saturated heterocycles. The van der Waals surface area contributed by atoms with E-state index in [-0.39, 0.29) is 30.3 Å². The van der Waals surface area contributed by atoms with Crippen molar-refractivity contribution in [1.82, 2.24) is 4.90 Å².